The van der Waals surface area contributed by atoms with Gasteiger partial charge in [0, 0.05) is 23.1 Å². The molecule has 0 atom stereocenters. The molecule has 0 aliphatic carbocycles. The second-order valence-electron chi connectivity index (χ2n) is 8.78. The molecule has 0 bridgehead atoms. The Morgan fingerprint density at radius 3 is 1.61 bits per heavy atom. The molecule has 5 aromatic rings. The number of nitrogens with zero attached hydrogens (tertiary/aromatic N) is 1. The van der Waals surface area contributed by atoms with Gasteiger partial charge in [-0.3, -0.25) is 0 Å². The molecule has 0 heterocycles. The number of ether oxygens (including phenoxy) is 2. The third-order valence-corrected chi connectivity index (χ3v) is 6.06. The molecule has 186 valence electrons. The molecule has 0 N–H and O–H groups in total. The molecule has 0 unspecified atom stereocenters. The molecular formula is C34H27NO3. The van der Waals surface area contributed by atoms with Crippen LogP contribution in [0.5, 0.6) is 17.2 Å². The van der Waals surface area contributed by atoms with Crippen molar-refractivity contribution in [3.05, 3.63) is 146 Å². The van der Waals surface area contributed by atoms with Gasteiger partial charge in [-0.05, 0) is 90.8 Å². The summed E-state index contributed by atoms with van der Waals surface area (Å²) in [4.78, 5) is 13.7. The SMILES string of the molecule is C=CC(=O)Oc1ccc(-c2ccc(N(c3ccc(C)cc3)c3ccc(Oc4ccccc4)cc3)cc2)cc1. The van der Waals surface area contributed by atoms with Crippen LogP contribution in [0, 0.1) is 6.92 Å². The molecule has 0 aromatic heterocycles. The monoisotopic (exact) mass is 497 g/mol. The van der Waals surface area contributed by atoms with Crippen molar-refractivity contribution in [2.24, 2.45) is 0 Å². The number of carbonyl (C=O) groups excluding carboxylic acids is 1. The number of para-hydroxylation sites is 1. The van der Waals surface area contributed by atoms with Gasteiger partial charge in [0.1, 0.15) is 17.2 Å². The fourth-order valence-electron chi connectivity index (χ4n) is 4.11. The number of carbonyl (C=O) groups is 1. The van der Waals surface area contributed by atoms with E-state index in [0.717, 1.165) is 45.8 Å². The van der Waals surface area contributed by atoms with Crippen LogP contribution in [0.3, 0.4) is 0 Å². The number of aryl methyl sites for hydroxylation is 1. The lowest BCUT2D eigenvalue weighted by molar-refractivity contribution is -0.128. The zero-order valence-corrected chi connectivity index (χ0v) is 21.1. The highest BCUT2D eigenvalue weighted by atomic mass is 16.5. The van der Waals surface area contributed by atoms with Crippen molar-refractivity contribution in [3.8, 4) is 28.4 Å². The minimum atomic E-state index is -0.474. The Morgan fingerprint density at radius 1 is 0.605 bits per heavy atom. The molecule has 5 aromatic carbocycles. The largest absolute Gasteiger partial charge is 0.457 e. The summed E-state index contributed by atoms with van der Waals surface area (Å²) in [5.41, 5.74) is 6.41. The lowest BCUT2D eigenvalue weighted by Gasteiger charge is -2.26. The average molecular weight is 498 g/mol. The topological polar surface area (TPSA) is 38.8 Å². The van der Waals surface area contributed by atoms with Crippen molar-refractivity contribution in [3.63, 3.8) is 0 Å². The molecule has 0 fully saturated rings. The minimum Gasteiger partial charge on any atom is -0.457 e. The Labute approximate surface area is 223 Å². The van der Waals surface area contributed by atoms with Crippen LogP contribution in [0.4, 0.5) is 17.1 Å². The molecule has 38 heavy (non-hydrogen) atoms. The van der Waals surface area contributed by atoms with Gasteiger partial charge in [-0.25, -0.2) is 4.79 Å². The summed E-state index contributed by atoms with van der Waals surface area (Å²) in [6.45, 7) is 5.51. The molecule has 0 aliphatic heterocycles. The summed E-state index contributed by atoms with van der Waals surface area (Å²) in [6, 6.07) is 42.2. The maximum Gasteiger partial charge on any atom is 0.335 e. The van der Waals surface area contributed by atoms with Crippen LogP contribution in [0.15, 0.2) is 140 Å². The molecule has 0 aliphatic rings. The van der Waals surface area contributed by atoms with Crippen LogP contribution in [-0.4, -0.2) is 5.97 Å². The van der Waals surface area contributed by atoms with Gasteiger partial charge in [0.05, 0.1) is 0 Å². The average Bonchev–Trinajstić information content (AvgIpc) is 2.96. The van der Waals surface area contributed by atoms with Gasteiger partial charge in [-0.15, -0.1) is 0 Å². The normalized spacial score (nSPS) is 10.4. The Kier molecular flexibility index (Phi) is 7.32. The van der Waals surface area contributed by atoms with Crippen molar-refractivity contribution in [1.29, 1.82) is 0 Å². The quantitative estimate of drug-likeness (QED) is 0.122. The number of anilines is 3. The van der Waals surface area contributed by atoms with Crippen molar-refractivity contribution in [2.75, 3.05) is 4.90 Å². The number of esters is 1. The first kappa shape index (κ1) is 24.6. The molecule has 5 rings (SSSR count). The van der Waals surface area contributed by atoms with E-state index in [-0.39, 0.29) is 0 Å². The van der Waals surface area contributed by atoms with Gasteiger partial charge in [0.25, 0.3) is 0 Å². The highest BCUT2D eigenvalue weighted by molar-refractivity contribution is 5.83. The van der Waals surface area contributed by atoms with E-state index in [1.807, 2.05) is 54.6 Å². The van der Waals surface area contributed by atoms with E-state index in [4.69, 9.17) is 9.47 Å². The van der Waals surface area contributed by atoms with Gasteiger partial charge in [0.15, 0.2) is 0 Å². The van der Waals surface area contributed by atoms with E-state index in [2.05, 4.69) is 79.1 Å². The Hall–Kier alpha value is -5.09. The lowest BCUT2D eigenvalue weighted by atomic mass is 10.0. The van der Waals surface area contributed by atoms with E-state index in [0.29, 0.717) is 5.75 Å². The fraction of sp³-hybridized carbons (Fsp3) is 0.0294. The van der Waals surface area contributed by atoms with Crippen LogP contribution in [0.2, 0.25) is 0 Å². The number of rotatable bonds is 8. The first-order chi connectivity index (χ1) is 18.6. The second-order valence-corrected chi connectivity index (χ2v) is 8.78. The van der Waals surface area contributed by atoms with E-state index >= 15 is 0 Å². The minimum absolute atomic E-state index is 0.474. The van der Waals surface area contributed by atoms with Gasteiger partial charge >= 0.3 is 5.97 Å². The highest BCUT2D eigenvalue weighted by Crippen LogP contribution is 2.37. The molecule has 0 amide bonds. The third kappa shape index (κ3) is 5.82. The Balaban J connectivity index is 1.42. The van der Waals surface area contributed by atoms with Crippen molar-refractivity contribution < 1.29 is 14.3 Å². The smallest absolute Gasteiger partial charge is 0.335 e. The van der Waals surface area contributed by atoms with Gasteiger partial charge in [0.2, 0.25) is 0 Å². The number of hydrogen-bond donors (Lipinski definition) is 0. The molecule has 0 saturated carbocycles. The van der Waals surface area contributed by atoms with Crippen molar-refractivity contribution >= 4 is 23.0 Å². The maximum absolute atomic E-state index is 11.4. The fourth-order valence-corrected chi connectivity index (χ4v) is 4.11. The summed E-state index contributed by atoms with van der Waals surface area (Å²) in [6.07, 6.45) is 1.15. The van der Waals surface area contributed by atoms with E-state index in [9.17, 15) is 4.79 Å². The number of hydrogen-bond acceptors (Lipinski definition) is 4. The van der Waals surface area contributed by atoms with Crippen LogP contribution >= 0.6 is 0 Å². The van der Waals surface area contributed by atoms with E-state index < -0.39 is 5.97 Å². The second kappa shape index (κ2) is 11.3. The van der Waals surface area contributed by atoms with Gasteiger partial charge in [-0.2, -0.15) is 0 Å². The standard InChI is InChI=1S/C34H27NO3/c1-3-34(36)38-33-21-13-27(14-22-33)26-11-17-29(18-12-26)35(28-15-9-25(2)10-16-28)30-19-23-32(24-20-30)37-31-7-5-4-6-8-31/h3-24H,1H2,2H3. The maximum atomic E-state index is 11.4. The van der Waals surface area contributed by atoms with Crippen molar-refractivity contribution in [1.82, 2.24) is 0 Å². The van der Waals surface area contributed by atoms with Crippen LogP contribution < -0.4 is 14.4 Å². The Bertz CT molecular complexity index is 1510. The first-order valence-electron chi connectivity index (χ1n) is 12.3. The molecule has 0 saturated heterocycles. The zero-order chi connectivity index (χ0) is 26.3. The third-order valence-electron chi connectivity index (χ3n) is 6.06. The Morgan fingerprint density at radius 2 is 1.05 bits per heavy atom. The lowest BCUT2D eigenvalue weighted by Crippen LogP contribution is -2.09. The molecular weight excluding hydrogens is 470 g/mol. The van der Waals surface area contributed by atoms with E-state index in [1.165, 1.54) is 5.56 Å². The van der Waals surface area contributed by atoms with E-state index in [1.54, 1.807) is 12.1 Å². The summed E-state index contributed by atoms with van der Waals surface area (Å²) in [5.74, 6) is 1.60. The summed E-state index contributed by atoms with van der Waals surface area (Å²) >= 11 is 0. The predicted octanol–water partition coefficient (Wildman–Crippen LogP) is 9.02. The highest BCUT2D eigenvalue weighted by Gasteiger charge is 2.13. The summed E-state index contributed by atoms with van der Waals surface area (Å²) < 4.78 is 11.2. The number of benzene rings is 5. The molecule has 4 heteroatoms. The first-order valence-corrected chi connectivity index (χ1v) is 12.3. The molecule has 0 radical (unpaired) electrons. The molecule has 4 nitrogen and oxygen atoms in total. The predicted molar refractivity (Wildman–Crippen MR) is 154 cm³/mol. The summed E-state index contributed by atoms with van der Waals surface area (Å²) in [7, 11) is 0. The zero-order valence-electron chi connectivity index (χ0n) is 21.1. The van der Waals surface area contributed by atoms with Gasteiger partial charge < -0.3 is 14.4 Å². The van der Waals surface area contributed by atoms with Crippen LogP contribution in [0.1, 0.15) is 5.56 Å². The summed E-state index contributed by atoms with van der Waals surface area (Å²) in [5, 5.41) is 0. The van der Waals surface area contributed by atoms with Gasteiger partial charge in [-0.1, -0.05) is 66.7 Å². The molecule has 0 spiro atoms. The van der Waals surface area contributed by atoms with Crippen LogP contribution in [-0.2, 0) is 4.79 Å². The van der Waals surface area contributed by atoms with Crippen LogP contribution in [0.25, 0.3) is 11.1 Å². The van der Waals surface area contributed by atoms with Crippen molar-refractivity contribution in [2.45, 2.75) is 6.92 Å².